The van der Waals surface area contributed by atoms with Crippen LogP contribution in [-0.2, 0) is 12.8 Å². The van der Waals surface area contributed by atoms with Crippen LogP contribution in [0, 0.1) is 0 Å². The van der Waals surface area contributed by atoms with Crippen LogP contribution in [0.5, 0.6) is 5.75 Å². The highest BCUT2D eigenvalue weighted by molar-refractivity contribution is 5.39. The lowest BCUT2D eigenvalue weighted by molar-refractivity contribution is 0.220. The summed E-state index contributed by atoms with van der Waals surface area (Å²) >= 11 is 0. The molecule has 21 heavy (non-hydrogen) atoms. The first-order valence-electron chi connectivity index (χ1n) is 7.80. The van der Waals surface area contributed by atoms with Crippen molar-refractivity contribution >= 4 is 0 Å². The number of fused-ring (bicyclic) bond motifs is 1. The van der Waals surface area contributed by atoms with Gasteiger partial charge in [0.15, 0.2) is 0 Å². The summed E-state index contributed by atoms with van der Waals surface area (Å²) in [7, 11) is 0. The number of hydrogen-bond donors (Lipinski definition) is 1. The van der Waals surface area contributed by atoms with Crippen LogP contribution >= 0.6 is 0 Å². The van der Waals surface area contributed by atoms with Gasteiger partial charge in [-0.3, -0.25) is 0 Å². The van der Waals surface area contributed by atoms with E-state index in [1.165, 1.54) is 30.4 Å². The monoisotopic (exact) mass is 282 g/mol. The SMILES string of the molecule is CCOc1ccc(C(O)c2ccc3c(c2)CCCC3)cc1. The van der Waals surface area contributed by atoms with Crippen molar-refractivity contribution in [2.75, 3.05) is 6.61 Å². The van der Waals surface area contributed by atoms with Crippen molar-refractivity contribution in [3.63, 3.8) is 0 Å². The van der Waals surface area contributed by atoms with E-state index in [4.69, 9.17) is 4.74 Å². The number of aryl methyl sites for hydroxylation is 2. The molecular formula is C19H22O2. The van der Waals surface area contributed by atoms with Gasteiger partial charge in [0.2, 0.25) is 0 Å². The molecule has 1 aliphatic rings. The third-order valence-corrected chi connectivity index (χ3v) is 4.20. The second-order valence-corrected chi connectivity index (χ2v) is 5.64. The van der Waals surface area contributed by atoms with Crippen LogP contribution in [0.15, 0.2) is 42.5 Å². The van der Waals surface area contributed by atoms with Crippen LogP contribution in [0.2, 0.25) is 0 Å². The summed E-state index contributed by atoms with van der Waals surface area (Å²) in [4.78, 5) is 0. The van der Waals surface area contributed by atoms with Gasteiger partial charge in [-0.05, 0) is 67.0 Å². The highest BCUT2D eigenvalue weighted by Crippen LogP contribution is 2.28. The van der Waals surface area contributed by atoms with Crippen molar-refractivity contribution in [1.82, 2.24) is 0 Å². The minimum absolute atomic E-state index is 0.562. The minimum atomic E-state index is -0.562. The summed E-state index contributed by atoms with van der Waals surface area (Å²) in [6.07, 6.45) is 4.30. The Hall–Kier alpha value is -1.80. The van der Waals surface area contributed by atoms with Crippen molar-refractivity contribution in [1.29, 1.82) is 0 Å². The molecule has 2 aromatic carbocycles. The fraction of sp³-hybridized carbons (Fsp3) is 0.368. The molecule has 1 atom stereocenters. The third-order valence-electron chi connectivity index (χ3n) is 4.20. The number of ether oxygens (including phenoxy) is 1. The molecule has 0 fully saturated rings. The highest BCUT2D eigenvalue weighted by Gasteiger charge is 2.15. The Morgan fingerprint density at radius 1 is 0.952 bits per heavy atom. The second-order valence-electron chi connectivity index (χ2n) is 5.64. The van der Waals surface area contributed by atoms with E-state index in [0.717, 1.165) is 23.3 Å². The van der Waals surface area contributed by atoms with Gasteiger partial charge in [-0.25, -0.2) is 0 Å². The van der Waals surface area contributed by atoms with Crippen LogP contribution in [0.25, 0.3) is 0 Å². The van der Waals surface area contributed by atoms with Gasteiger partial charge < -0.3 is 9.84 Å². The van der Waals surface area contributed by atoms with Gasteiger partial charge in [-0.2, -0.15) is 0 Å². The molecule has 1 N–H and O–H groups in total. The molecule has 0 heterocycles. The molecule has 1 aliphatic carbocycles. The molecule has 2 aromatic rings. The molecule has 0 radical (unpaired) electrons. The quantitative estimate of drug-likeness (QED) is 0.917. The van der Waals surface area contributed by atoms with Crippen LogP contribution in [0.4, 0.5) is 0 Å². The number of hydrogen-bond acceptors (Lipinski definition) is 2. The predicted molar refractivity (Wildman–Crippen MR) is 84.8 cm³/mol. The van der Waals surface area contributed by atoms with Crippen molar-refractivity contribution in [3.8, 4) is 5.75 Å². The Bertz CT molecular complexity index is 601. The van der Waals surface area contributed by atoms with Gasteiger partial charge in [0.25, 0.3) is 0 Å². The summed E-state index contributed by atoms with van der Waals surface area (Å²) in [6, 6.07) is 14.1. The largest absolute Gasteiger partial charge is 0.494 e. The lowest BCUT2D eigenvalue weighted by Gasteiger charge is -2.19. The predicted octanol–water partition coefficient (Wildman–Crippen LogP) is 4.05. The van der Waals surface area contributed by atoms with Gasteiger partial charge in [0.1, 0.15) is 11.9 Å². The number of rotatable bonds is 4. The zero-order chi connectivity index (χ0) is 14.7. The van der Waals surface area contributed by atoms with E-state index < -0.39 is 6.10 Å². The van der Waals surface area contributed by atoms with E-state index >= 15 is 0 Å². The third kappa shape index (κ3) is 3.11. The zero-order valence-electron chi connectivity index (χ0n) is 12.5. The van der Waals surface area contributed by atoms with Crippen molar-refractivity contribution in [2.45, 2.75) is 38.7 Å². The maximum Gasteiger partial charge on any atom is 0.119 e. The molecule has 0 amide bonds. The molecule has 2 heteroatoms. The Morgan fingerprint density at radius 3 is 2.33 bits per heavy atom. The lowest BCUT2D eigenvalue weighted by Crippen LogP contribution is -2.06. The smallest absolute Gasteiger partial charge is 0.119 e. The first-order valence-corrected chi connectivity index (χ1v) is 7.80. The van der Waals surface area contributed by atoms with Crippen LogP contribution in [-0.4, -0.2) is 11.7 Å². The Labute approximate surface area is 126 Å². The normalized spacial score (nSPS) is 15.3. The molecule has 0 aromatic heterocycles. The molecule has 0 saturated heterocycles. The molecule has 3 rings (SSSR count). The van der Waals surface area contributed by atoms with Crippen molar-refractivity contribution in [3.05, 3.63) is 64.7 Å². The minimum Gasteiger partial charge on any atom is -0.494 e. The number of aliphatic hydroxyl groups excluding tert-OH is 1. The van der Waals surface area contributed by atoms with E-state index in [1.54, 1.807) is 0 Å². The second kappa shape index (κ2) is 6.31. The van der Waals surface area contributed by atoms with E-state index in [2.05, 4.69) is 18.2 Å². The van der Waals surface area contributed by atoms with Crippen LogP contribution in [0.1, 0.15) is 48.1 Å². The molecular weight excluding hydrogens is 260 g/mol. The zero-order valence-corrected chi connectivity index (χ0v) is 12.5. The summed E-state index contributed by atoms with van der Waals surface area (Å²) in [5.41, 5.74) is 4.75. The van der Waals surface area contributed by atoms with E-state index in [0.29, 0.717) is 6.61 Å². The Balaban J connectivity index is 1.82. The van der Waals surface area contributed by atoms with E-state index in [9.17, 15) is 5.11 Å². The van der Waals surface area contributed by atoms with Gasteiger partial charge in [-0.15, -0.1) is 0 Å². The molecule has 110 valence electrons. The lowest BCUT2D eigenvalue weighted by atomic mass is 9.88. The van der Waals surface area contributed by atoms with E-state index in [-0.39, 0.29) is 0 Å². The average Bonchev–Trinajstić information content (AvgIpc) is 2.55. The molecule has 2 nitrogen and oxygen atoms in total. The average molecular weight is 282 g/mol. The summed E-state index contributed by atoms with van der Waals surface area (Å²) < 4.78 is 5.44. The van der Waals surface area contributed by atoms with Crippen molar-refractivity contribution < 1.29 is 9.84 Å². The molecule has 1 unspecified atom stereocenters. The summed E-state index contributed by atoms with van der Waals surface area (Å²) in [6.45, 7) is 2.63. The molecule has 0 aliphatic heterocycles. The van der Waals surface area contributed by atoms with Gasteiger partial charge >= 0.3 is 0 Å². The summed E-state index contributed by atoms with van der Waals surface area (Å²) in [5.74, 6) is 0.846. The fourth-order valence-electron chi connectivity index (χ4n) is 3.03. The first kappa shape index (κ1) is 14.2. The van der Waals surface area contributed by atoms with Gasteiger partial charge in [0.05, 0.1) is 6.61 Å². The topological polar surface area (TPSA) is 29.5 Å². The van der Waals surface area contributed by atoms with Crippen molar-refractivity contribution in [2.24, 2.45) is 0 Å². The van der Waals surface area contributed by atoms with Crippen LogP contribution < -0.4 is 4.74 Å². The fourth-order valence-corrected chi connectivity index (χ4v) is 3.03. The molecule has 0 bridgehead atoms. The Kier molecular flexibility index (Phi) is 4.26. The van der Waals surface area contributed by atoms with E-state index in [1.807, 2.05) is 31.2 Å². The highest BCUT2D eigenvalue weighted by atomic mass is 16.5. The number of benzene rings is 2. The molecule has 0 saturated carbocycles. The Morgan fingerprint density at radius 2 is 1.62 bits per heavy atom. The maximum atomic E-state index is 10.6. The standard InChI is InChI=1S/C19H22O2/c1-2-21-18-11-9-15(10-12-18)19(20)17-8-7-14-5-3-4-6-16(14)13-17/h7-13,19-20H,2-6H2,1H3. The maximum absolute atomic E-state index is 10.6. The molecule has 0 spiro atoms. The van der Waals surface area contributed by atoms with Gasteiger partial charge in [0, 0.05) is 0 Å². The first-order chi connectivity index (χ1) is 10.3. The van der Waals surface area contributed by atoms with Gasteiger partial charge in [-0.1, -0.05) is 30.3 Å². The number of aliphatic hydroxyl groups is 1. The van der Waals surface area contributed by atoms with Crippen LogP contribution in [0.3, 0.4) is 0 Å². The summed E-state index contributed by atoms with van der Waals surface area (Å²) in [5, 5.41) is 10.6.